The van der Waals surface area contributed by atoms with Crippen LogP contribution in [0.4, 0.5) is 0 Å². The van der Waals surface area contributed by atoms with Crippen LogP contribution in [0.5, 0.6) is 0 Å². The van der Waals surface area contributed by atoms with Crippen molar-refractivity contribution >= 4 is 16.7 Å². The van der Waals surface area contributed by atoms with E-state index in [9.17, 15) is 4.91 Å². The van der Waals surface area contributed by atoms with E-state index in [1.807, 2.05) is 69.3 Å². The van der Waals surface area contributed by atoms with Gasteiger partial charge in [-0.1, -0.05) is 44.4 Å². The maximum atomic E-state index is 13.1. The number of hydrogen-bond donors (Lipinski definition) is 0. The number of fused-ring (bicyclic) bond motifs is 1. The Labute approximate surface area is 162 Å². The first kappa shape index (κ1) is 20.7. The number of hydrogen-bond acceptors (Lipinski definition) is 3. The highest BCUT2D eigenvalue weighted by Gasteiger charge is 2.27. The molecule has 0 saturated carbocycles. The summed E-state index contributed by atoms with van der Waals surface area (Å²) in [6, 6.07) is 7.77. The van der Waals surface area contributed by atoms with E-state index in [1.165, 1.54) is 19.3 Å². The largest absolute Gasteiger partial charge is 0.286 e. The van der Waals surface area contributed by atoms with E-state index < -0.39 is 0 Å². The number of aryl methyl sites for hydroxylation is 1. The van der Waals surface area contributed by atoms with Crippen LogP contribution in [0.15, 0.2) is 54.3 Å². The lowest BCUT2D eigenvalue weighted by molar-refractivity contribution is -0.392. The summed E-state index contributed by atoms with van der Waals surface area (Å²) in [5, 5.41) is 0. The molecule has 0 aliphatic rings. The summed E-state index contributed by atoms with van der Waals surface area (Å²) in [5.74, 6) is 0. The Morgan fingerprint density at radius 1 is 1.07 bits per heavy atom. The second-order valence-corrected chi connectivity index (χ2v) is 6.59. The minimum atomic E-state index is 0.577. The van der Waals surface area contributed by atoms with E-state index >= 15 is 0 Å². The molecule has 142 valence electrons. The summed E-state index contributed by atoms with van der Waals surface area (Å²) >= 11 is 0. The van der Waals surface area contributed by atoms with Crippen molar-refractivity contribution in [2.24, 2.45) is 0 Å². The van der Waals surface area contributed by atoms with Gasteiger partial charge >= 0.3 is 0 Å². The lowest BCUT2D eigenvalue weighted by Gasteiger charge is -2.05. The smallest absolute Gasteiger partial charge is 0.249 e. The monoisotopic (exact) mass is 364 g/mol. The van der Waals surface area contributed by atoms with Gasteiger partial charge in [0.1, 0.15) is 0 Å². The van der Waals surface area contributed by atoms with Crippen LogP contribution in [-0.2, 0) is 0 Å². The van der Waals surface area contributed by atoms with Crippen LogP contribution in [0.1, 0.15) is 64.3 Å². The molecule has 2 rings (SSSR count). The Kier molecular flexibility index (Phi) is 8.05. The molecule has 4 nitrogen and oxygen atoms in total. The molecule has 0 amide bonds. The molecule has 4 heteroatoms. The molecule has 0 unspecified atom stereocenters. The van der Waals surface area contributed by atoms with Crippen LogP contribution >= 0.6 is 0 Å². The normalized spacial score (nSPS) is 12.9. The first-order chi connectivity index (χ1) is 13.1. The Morgan fingerprint density at radius 3 is 2.41 bits per heavy atom. The molecule has 1 aromatic carbocycles. The van der Waals surface area contributed by atoms with E-state index in [0.717, 1.165) is 34.3 Å². The van der Waals surface area contributed by atoms with Crippen molar-refractivity contribution in [3.05, 3.63) is 70.6 Å². The van der Waals surface area contributed by atoms with Crippen LogP contribution in [-0.4, -0.2) is 14.7 Å². The predicted octanol–water partition coefficient (Wildman–Crippen LogP) is 6.51. The van der Waals surface area contributed by atoms with E-state index in [2.05, 4.69) is 11.9 Å². The summed E-state index contributed by atoms with van der Waals surface area (Å²) in [4.78, 5) is 22.6. The van der Waals surface area contributed by atoms with Crippen molar-refractivity contribution in [2.45, 2.75) is 59.8 Å². The van der Waals surface area contributed by atoms with Crippen molar-refractivity contribution in [2.75, 3.05) is 0 Å². The minimum absolute atomic E-state index is 0.577. The zero-order chi connectivity index (χ0) is 19.6. The van der Waals surface area contributed by atoms with Gasteiger partial charge in [0.05, 0.1) is 21.5 Å². The zero-order valence-corrected chi connectivity index (χ0v) is 16.9. The van der Waals surface area contributed by atoms with Crippen LogP contribution in [0.25, 0.3) is 16.7 Å². The molecular weight excluding hydrogens is 334 g/mol. The number of rotatable bonds is 9. The lowest BCUT2D eigenvalue weighted by atomic mass is 10.1. The third-order valence-electron chi connectivity index (χ3n) is 4.47. The highest BCUT2D eigenvalue weighted by Crippen LogP contribution is 2.24. The summed E-state index contributed by atoms with van der Waals surface area (Å²) in [6.45, 7) is 7.90. The van der Waals surface area contributed by atoms with E-state index in [1.54, 1.807) is 0 Å². The molecule has 0 aliphatic heterocycles. The lowest BCUT2D eigenvalue weighted by Crippen LogP contribution is -2.10. The summed E-state index contributed by atoms with van der Waals surface area (Å²) in [5.41, 5.74) is 4.25. The highest BCUT2D eigenvalue weighted by atomic mass is 16.3. The van der Waals surface area contributed by atoms with Crippen molar-refractivity contribution < 1.29 is 4.76 Å². The summed E-state index contributed by atoms with van der Waals surface area (Å²) in [7, 11) is 0. The average molecular weight is 365 g/mol. The fourth-order valence-electron chi connectivity index (χ4n) is 3.01. The maximum absolute atomic E-state index is 13.1. The molecule has 0 N–H and O–H groups in total. The van der Waals surface area contributed by atoms with E-state index in [-0.39, 0.29) is 0 Å². The van der Waals surface area contributed by atoms with Gasteiger partial charge in [-0.3, -0.25) is 0 Å². The Bertz CT molecular complexity index is 878. The predicted molar refractivity (Wildman–Crippen MR) is 113 cm³/mol. The Hall–Kier alpha value is -2.62. The second-order valence-electron chi connectivity index (χ2n) is 6.59. The number of para-hydroxylation sites is 2. The molecule has 1 heterocycles. The van der Waals surface area contributed by atoms with Gasteiger partial charge in [0.2, 0.25) is 0 Å². The molecule has 27 heavy (non-hydrogen) atoms. The van der Waals surface area contributed by atoms with Gasteiger partial charge < -0.3 is 0 Å². The number of allylic oxidation sites excluding steroid dienone is 4. The third-order valence-corrected chi connectivity index (χ3v) is 4.47. The number of benzene rings is 1. The van der Waals surface area contributed by atoms with Gasteiger partial charge in [-0.2, -0.15) is 0 Å². The van der Waals surface area contributed by atoms with Gasteiger partial charge in [0.25, 0.3) is 11.4 Å². The average Bonchev–Trinajstić information content (AvgIpc) is 2.68. The van der Waals surface area contributed by atoms with Gasteiger partial charge in [0, 0.05) is 11.0 Å². The number of nitroso groups, excluding NO2 is 1. The van der Waals surface area contributed by atoms with Crippen molar-refractivity contribution in [3.63, 3.8) is 0 Å². The molecule has 1 aromatic heterocycles. The number of unbranched alkanes of at least 4 members (excludes halogenated alkanes) is 4. The van der Waals surface area contributed by atoms with E-state index in [4.69, 9.17) is 4.98 Å². The van der Waals surface area contributed by atoms with Gasteiger partial charge in [-0.15, -0.1) is 0 Å². The molecule has 0 fully saturated rings. The minimum Gasteiger partial charge on any atom is -0.249 e. The highest BCUT2D eigenvalue weighted by molar-refractivity contribution is 5.76. The van der Waals surface area contributed by atoms with Gasteiger partial charge in [0.15, 0.2) is 5.69 Å². The summed E-state index contributed by atoms with van der Waals surface area (Å²) < 4.78 is 0.978. The molecule has 0 spiro atoms. The Morgan fingerprint density at radius 2 is 1.78 bits per heavy atom. The number of aromatic nitrogens is 2. The molecule has 2 aromatic rings. The Balaban J connectivity index is 2.46. The van der Waals surface area contributed by atoms with Crippen molar-refractivity contribution in [1.82, 2.24) is 9.97 Å². The SMILES string of the molecule is CC=CC(=CC)[N+](=O)C(=CCCCCCC)c1nc2ccccc2nc1C. The summed E-state index contributed by atoms with van der Waals surface area (Å²) in [6.07, 6.45) is 13.0. The topological polar surface area (TPSA) is 45.9 Å². The van der Waals surface area contributed by atoms with Crippen LogP contribution in [0, 0.1) is 11.8 Å². The second kappa shape index (κ2) is 10.5. The first-order valence-electron chi connectivity index (χ1n) is 9.82. The van der Waals surface area contributed by atoms with Crippen LogP contribution in [0.2, 0.25) is 0 Å². The zero-order valence-electron chi connectivity index (χ0n) is 16.9. The number of nitrogens with zero attached hydrogens (tertiary/aromatic N) is 3. The fourth-order valence-corrected chi connectivity index (χ4v) is 3.01. The first-order valence-corrected chi connectivity index (χ1v) is 9.82. The molecule has 0 aliphatic carbocycles. The molecule has 0 bridgehead atoms. The maximum Gasteiger partial charge on any atom is 0.286 e. The third kappa shape index (κ3) is 5.43. The molecular formula is C23H30N3O+. The molecule has 0 saturated heterocycles. The standard InChI is InChI=1S/C23H30N3O/c1-5-8-9-10-11-17-22(26(27)19(7-3)14-6-2)23-18(4)24-20-15-12-13-16-21(20)25-23/h6-7,12-17H,5,8-11H2,1-4H3/q+1. The molecule has 0 radical (unpaired) electrons. The van der Waals surface area contributed by atoms with Crippen LogP contribution < -0.4 is 0 Å². The fraction of sp³-hybridized carbons (Fsp3) is 0.391. The van der Waals surface area contributed by atoms with Crippen molar-refractivity contribution in [3.8, 4) is 0 Å². The molecule has 0 atom stereocenters. The van der Waals surface area contributed by atoms with Crippen molar-refractivity contribution in [1.29, 1.82) is 0 Å². The van der Waals surface area contributed by atoms with Gasteiger partial charge in [-0.05, 0) is 57.9 Å². The van der Waals surface area contributed by atoms with Gasteiger partial charge in [-0.25, -0.2) is 9.97 Å². The quantitative estimate of drug-likeness (QED) is 0.289. The van der Waals surface area contributed by atoms with E-state index in [0.29, 0.717) is 17.1 Å². The van der Waals surface area contributed by atoms with Crippen LogP contribution in [0.3, 0.4) is 0 Å².